The summed E-state index contributed by atoms with van der Waals surface area (Å²) in [7, 11) is 0. The first kappa shape index (κ1) is 11.9. The fourth-order valence-electron chi connectivity index (χ4n) is 0.884. The monoisotopic (exact) mass is 184 g/mol. The largest absolute Gasteiger partial charge is 0.463 e. The first-order valence-corrected chi connectivity index (χ1v) is 4.45. The second-order valence-corrected chi connectivity index (χ2v) is 2.88. The van der Waals surface area contributed by atoms with Gasteiger partial charge in [0.05, 0.1) is 6.61 Å². The standard InChI is InChI=1S/C10H16O3/c1-3-10(12)13-8-6-4-5-7-9(2)11/h3H,1,4-8H2,2H3. The summed E-state index contributed by atoms with van der Waals surface area (Å²) in [6.45, 7) is 5.28. The van der Waals surface area contributed by atoms with Gasteiger partial charge in [0.25, 0.3) is 0 Å². The first-order chi connectivity index (χ1) is 6.16. The highest BCUT2D eigenvalue weighted by Gasteiger charge is 1.96. The Hall–Kier alpha value is -1.12. The van der Waals surface area contributed by atoms with Crippen LogP contribution in [0.4, 0.5) is 0 Å². The Bertz CT molecular complexity index is 185. The summed E-state index contributed by atoms with van der Waals surface area (Å²) in [5.74, 6) is -0.172. The highest BCUT2D eigenvalue weighted by Crippen LogP contribution is 2.00. The van der Waals surface area contributed by atoms with Crippen LogP contribution < -0.4 is 0 Å². The minimum atomic E-state index is -0.383. The van der Waals surface area contributed by atoms with E-state index < -0.39 is 0 Å². The van der Waals surface area contributed by atoms with Gasteiger partial charge in [0.1, 0.15) is 5.78 Å². The molecule has 0 spiro atoms. The number of ketones is 1. The van der Waals surface area contributed by atoms with E-state index in [1.165, 1.54) is 0 Å². The number of carbonyl (C=O) groups excluding carboxylic acids is 2. The van der Waals surface area contributed by atoms with Crippen molar-refractivity contribution in [2.45, 2.75) is 32.6 Å². The average Bonchev–Trinajstić information content (AvgIpc) is 2.10. The molecule has 0 radical (unpaired) electrons. The SMILES string of the molecule is C=CC(=O)OCCCCCC(C)=O. The van der Waals surface area contributed by atoms with Crippen LogP contribution in [-0.4, -0.2) is 18.4 Å². The van der Waals surface area contributed by atoms with Gasteiger partial charge < -0.3 is 9.53 Å². The summed E-state index contributed by atoms with van der Waals surface area (Å²) in [6.07, 6.45) is 4.38. The van der Waals surface area contributed by atoms with Gasteiger partial charge in [0.2, 0.25) is 0 Å². The topological polar surface area (TPSA) is 43.4 Å². The van der Waals surface area contributed by atoms with E-state index in [1.807, 2.05) is 0 Å². The normalized spacial score (nSPS) is 9.31. The average molecular weight is 184 g/mol. The first-order valence-electron chi connectivity index (χ1n) is 4.45. The number of esters is 1. The summed E-state index contributed by atoms with van der Waals surface area (Å²) in [6, 6.07) is 0. The molecule has 13 heavy (non-hydrogen) atoms. The van der Waals surface area contributed by atoms with E-state index in [0.29, 0.717) is 13.0 Å². The fourth-order valence-corrected chi connectivity index (χ4v) is 0.884. The number of ether oxygens (including phenoxy) is 1. The van der Waals surface area contributed by atoms with Crippen molar-refractivity contribution in [3.63, 3.8) is 0 Å². The van der Waals surface area contributed by atoms with Crippen molar-refractivity contribution in [1.29, 1.82) is 0 Å². The van der Waals surface area contributed by atoms with Crippen molar-refractivity contribution in [2.75, 3.05) is 6.61 Å². The van der Waals surface area contributed by atoms with Crippen LogP contribution in [0.2, 0.25) is 0 Å². The van der Waals surface area contributed by atoms with Crippen LogP contribution in [0.1, 0.15) is 32.6 Å². The lowest BCUT2D eigenvalue weighted by Gasteiger charge is -2.00. The lowest BCUT2D eigenvalue weighted by molar-refractivity contribution is -0.137. The molecule has 0 aromatic rings. The molecule has 0 heterocycles. The van der Waals surface area contributed by atoms with Crippen LogP contribution in [-0.2, 0) is 14.3 Å². The zero-order chi connectivity index (χ0) is 10.1. The minimum Gasteiger partial charge on any atom is -0.463 e. The Kier molecular flexibility index (Phi) is 6.88. The van der Waals surface area contributed by atoms with Gasteiger partial charge in [-0.1, -0.05) is 6.58 Å². The second-order valence-electron chi connectivity index (χ2n) is 2.88. The number of unbranched alkanes of at least 4 members (excludes halogenated alkanes) is 2. The molecule has 0 N–H and O–H groups in total. The summed E-state index contributed by atoms with van der Waals surface area (Å²) in [5.41, 5.74) is 0. The predicted octanol–water partition coefficient (Wildman–Crippen LogP) is 1.86. The third-order valence-electron chi connectivity index (χ3n) is 1.58. The van der Waals surface area contributed by atoms with Gasteiger partial charge in [-0.25, -0.2) is 4.79 Å². The fraction of sp³-hybridized carbons (Fsp3) is 0.600. The van der Waals surface area contributed by atoms with E-state index in [9.17, 15) is 9.59 Å². The number of Topliss-reactive ketones (excluding diaryl/α,β-unsaturated/α-hetero) is 1. The molecular formula is C10H16O3. The highest BCUT2D eigenvalue weighted by molar-refractivity contribution is 5.81. The Morgan fingerprint density at radius 1 is 1.31 bits per heavy atom. The van der Waals surface area contributed by atoms with E-state index in [0.717, 1.165) is 25.3 Å². The smallest absolute Gasteiger partial charge is 0.330 e. The van der Waals surface area contributed by atoms with Crippen LogP contribution in [0.3, 0.4) is 0 Å². The van der Waals surface area contributed by atoms with Crippen molar-refractivity contribution < 1.29 is 14.3 Å². The van der Waals surface area contributed by atoms with E-state index in [-0.39, 0.29) is 11.8 Å². The van der Waals surface area contributed by atoms with Crippen molar-refractivity contribution in [2.24, 2.45) is 0 Å². The van der Waals surface area contributed by atoms with Gasteiger partial charge >= 0.3 is 5.97 Å². The van der Waals surface area contributed by atoms with Gasteiger partial charge in [-0.3, -0.25) is 0 Å². The summed E-state index contributed by atoms with van der Waals surface area (Å²) in [5, 5.41) is 0. The molecular weight excluding hydrogens is 168 g/mol. The number of carbonyl (C=O) groups is 2. The van der Waals surface area contributed by atoms with Crippen LogP contribution in [0, 0.1) is 0 Å². The highest BCUT2D eigenvalue weighted by atomic mass is 16.5. The minimum absolute atomic E-state index is 0.211. The zero-order valence-electron chi connectivity index (χ0n) is 8.04. The second kappa shape index (κ2) is 7.53. The molecule has 3 heteroatoms. The molecule has 0 aliphatic heterocycles. The van der Waals surface area contributed by atoms with Crippen LogP contribution in [0.5, 0.6) is 0 Å². The Balaban J connectivity index is 3.12. The molecule has 74 valence electrons. The molecule has 0 atom stereocenters. The third kappa shape index (κ3) is 8.79. The Morgan fingerprint density at radius 2 is 2.00 bits per heavy atom. The van der Waals surface area contributed by atoms with Crippen LogP contribution in [0.15, 0.2) is 12.7 Å². The molecule has 0 aliphatic carbocycles. The van der Waals surface area contributed by atoms with Crippen molar-refractivity contribution in [3.8, 4) is 0 Å². The van der Waals surface area contributed by atoms with Crippen LogP contribution >= 0.6 is 0 Å². The van der Waals surface area contributed by atoms with Gasteiger partial charge in [-0.05, 0) is 26.2 Å². The molecule has 0 fully saturated rings. The molecule has 0 saturated carbocycles. The van der Waals surface area contributed by atoms with Gasteiger partial charge in [0, 0.05) is 12.5 Å². The maximum Gasteiger partial charge on any atom is 0.330 e. The summed E-state index contributed by atoms with van der Waals surface area (Å²) < 4.78 is 4.76. The third-order valence-corrected chi connectivity index (χ3v) is 1.58. The Labute approximate surface area is 78.8 Å². The van der Waals surface area contributed by atoms with E-state index >= 15 is 0 Å². The number of hydrogen-bond donors (Lipinski definition) is 0. The molecule has 0 aliphatic rings. The number of hydrogen-bond acceptors (Lipinski definition) is 3. The van der Waals surface area contributed by atoms with Gasteiger partial charge in [-0.2, -0.15) is 0 Å². The molecule has 0 aromatic heterocycles. The van der Waals surface area contributed by atoms with E-state index in [1.54, 1.807) is 6.92 Å². The van der Waals surface area contributed by atoms with Crippen LogP contribution in [0.25, 0.3) is 0 Å². The van der Waals surface area contributed by atoms with Crippen molar-refractivity contribution in [1.82, 2.24) is 0 Å². The van der Waals surface area contributed by atoms with E-state index in [4.69, 9.17) is 4.74 Å². The van der Waals surface area contributed by atoms with E-state index in [2.05, 4.69) is 6.58 Å². The quantitative estimate of drug-likeness (QED) is 0.344. The summed E-state index contributed by atoms with van der Waals surface area (Å²) in [4.78, 5) is 21.1. The molecule has 0 saturated heterocycles. The molecule has 3 nitrogen and oxygen atoms in total. The molecule has 0 aromatic carbocycles. The molecule has 0 amide bonds. The maximum atomic E-state index is 10.6. The molecule has 0 bridgehead atoms. The lowest BCUT2D eigenvalue weighted by Crippen LogP contribution is -2.01. The van der Waals surface area contributed by atoms with Crippen molar-refractivity contribution >= 4 is 11.8 Å². The lowest BCUT2D eigenvalue weighted by atomic mass is 10.1. The van der Waals surface area contributed by atoms with Gasteiger partial charge in [-0.15, -0.1) is 0 Å². The molecule has 0 rings (SSSR count). The maximum absolute atomic E-state index is 10.6. The van der Waals surface area contributed by atoms with Gasteiger partial charge in [0.15, 0.2) is 0 Å². The Morgan fingerprint density at radius 3 is 2.54 bits per heavy atom. The molecule has 0 unspecified atom stereocenters. The predicted molar refractivity (Wildman–Crippen MR) is 50.3 cm³/mol. The zero-order valence-corrected chi connectivity index (χ0v) is 8.04. The van der Waals surface area contributed by atoms with Crippen molar-refractivity contribution in [3.05, 3.63) is 12.7 Å². The summed E-state index contributed by atoms with van der Waals surface area (Å²) >= 11 is 0. The number of rotatable bonds is 7.